The maximum Gasteiger partial charge on any atom is 0.264 e. The second kappa shape index (κ2) is 40.4. The Morgan fingerprint density at radius 2 is 0.953 bits per heavy atom. The van der Waals surface area contributed by atoms with Crippen molar-refractivity contribution in [1.82, 2.24) is 59.1 Å². The third-order valence-electron chi connectivity index (χ3n) is 29.1. The van der Waals surface area contributed by atoms with Gasteiger partial charge in [0.2, 0.25) is 41.4 Å². The summed E-state index contributed by atoms with van der Waals surface area (Å²) in [5, 5.41) is 22.1. The van der Waals surface area contributed by atoms with Gasteiger partial charge in [0.25, 0.3) is 17.7 Å². The Kier molecular flexibility index (Phi) is 27.7. The number of nitriles is 1. The van der Waals surface area contributed by atoms with E-state index in [0.29, 0.717) is 79.7 Å². The standard InChI is InChI=1S/C26H22FN5O2S.C24H24FN5O3S.C22H21N5O3S.C20H18N4O2S2.C13H16N4O2S/c1-3-5-16-10-18(13-29-12-16)21-8-9-22(35-21)26-15-32(23(33)17-6-4-7-19(27)11-17)14-20(26)24(34)31(2)25(28)30-26;1-29-22(32)18-11-30(21(31)14-4-6-33-7-5-14)13-24(18,28-23(29)27)20-9-17(12-34-20)15-2-3-19(25)16(8-15)10-26;1-13-17(18(25-30-13)14-7-4-3-5-8-14)20(29)27-11-15-19(28)26(2)21(23)24-22(15,12-27)16-9-6-10-31-16;1-23-17(25)13-10-24(11-20(13,22-19(23)21)16-7-4-8-27-16)18(26)15-9-12-5-2-3-6-14(12)28-15;1-8(18)17-6-9-11(19)16(2)12(14)15-13(9,7-17)10-4-3-5-20-10/h4,6-13,20H,14-15H2,1-2H3,(H2,28,30);2-3,8-9,12,14,18H,4-7,11,13H2,1H3,(H2,27,28);3-10,15H,11-12H2,1-2H3,(H2,23,24);2-9,13H,10-11H2,1H3,(H2,21,22);3-5,9H,6-7H2,1-2H3,(H2,14,15)/t20-,26-;18?,24-;;;/m00.../s1. The number of aliphatic imine (C=N–C) groups is 5. The molecule has 0 bridgehead atoms. The lowest BCUT2D eigenvalue weighted by atomic mass is 9.83. The van der Waals surface area contributed by atoms with Crippen molar-refractivity contribution in [2.24, 2.45) is 89.1 Å². The number of rotatable bonds is 12. The van der Waals surface area contributed by atoms with Crippen molar-refractivity contribution in [2.75, 3.05) is 114 Å². The smallest absolute Gasteiger partial charge is 0.264 e. The van der Waals surface area contributed by atoms with E-state index in [9.17, 15) is 62.0 Å². The number of fused-ring (bicyclic) bond motifs is 6. The molecule has 4 aromatic carbocycles. The zero-order valence-corrected chi connectivity index (χ0v) is 86.4. The molecule has 0 saturated carbocycles. The third-order valence-corrected chi connectivity index (χ3v) is 35.7. The number of nitrogens with two attached hydrogens (primary N) is 5. The molecule has 11 aliphatic heterocycles. The van der Waals surface area contributed by atoms with Gasteiger partial charge in [0, 0.05) is 163 Å². The summed E-state index contributed by atoms with van der Waals surface area (Å²) in [4.78, 5) is 180. The van der Waals surface area contributed by atoms with Crippen LogP contribution >= 0.6 is 68.0 Å². The maximum absolute atomic E-state index is 13.8. The number of pyridine rings is 1. The Morgan fingerprint density at radius 1 is 0.466 bits per heavy atom. The van der Waals surface area contributed by atoms with E-state index in [1.165, 1.54) is 107 Å². The van der Waals surface area contributed by atoms with Gasteiger partial charge in [-0.1, -0.05) is 89.9 Å². The number of aromatic nitrogens is 2. The quantitative estimate of drug-likeness (QED) is 0.0709. The molecule has 8 aromatic heterocycles. The summed E-state index contributed by atoms with van der Waals surface area (Å²) in [6.07, 6.45) is 4.80. The molecule has 148 heavy (non-hydrogen) atoms. The van der Waals surface area contributed by atoms with E-state index < -0.39 is 63.0 Å². The van der Waals surface area contributed by atoms with Crippen LogP contribution in [0.1, 0.15) is 98.3 Å². The average molecular weight is 2110 g/mol. The molecule has 11 aliphatic rings. The Labute approximate surface area is 873 Å². The lowest BCUT2D eigenvalue weighted by molar-refractivity contribution is -0.138. The molecule has 0 aliphatic carbocycles. The van der Waals surface area contributed by atoms with Crippen LogP contribution in [0.2, 0.25) is 0 Å². The molecular weight excluding hydrogens is 2010 g/mol. The van der Waals surface area contributed by atoms with Crippen LogP contribution in [0.4, 0.5) is 8.78 Å². The number of guanidine groups is 5. The van der Waals surface area contributed by atoms with Crippen LogP contribution in [0, 0.1) is 77.2 Å². The van der Waals surface area contributed by atoms with E-state index in [4.69, 9.17) is 57.9 Å². The van der Waals surface area contributed by atoms with E-state index in [1.807, 2.05) is 149 Å². The van der Waals surface area contributed by atoms with E-state index >= 15 is 0 Å². The first-order valence-corrected chi connectivity index (χ1v) is 52.5. The zero-order valence-electron chi connectivity index (χ0n) is 81.5. The van der Waals surface area contributed by atoms with Crippen LogP contribution in [0.25, 0.3) is 42.9 Å². The molecule has 10 atom stereocenters. The van der Waals surface area contributed by atoms with E-state index in [2.05, 4.69) is 27.0 Å². The number of carbonyl (C=O) groups is 10. The van der Waals surface area contributed by atoms with Crippen molar-refractivity contribution in [3.8, 4) is 50.7 Å². The molecule has 12 aromatic rings. The predicted octanol–water partition coefficient (Wildman–Crippen LogP) is 10.8. The van der Waals surface area contributed by atoms with E-state index in [0.717, 1.165) is 61.6 Å². The number of nitrogens with zero attached hydrogens (tertiary/aromatic N) is 18. The number of likely N-dealkylation sites (tertiary alicyclic amines) is 5. The molecule has 43 heteroatoms. The first-order valence-electron chi connectivity index (χ1n) is 47.3. The summed E-state index contributed by atoms with van der Waals surface area (Å²) in [5.41, 5.74) is 31.0. The Hall–Kier alpha value is -15.4. The van der Waals surface area contributed by atoms with Crippen molar-refractivity contribution >= 4 is 167 Å². The largest absolute Gasteiger partial charge is 0.381 e. The number of hydrogen-bond donors (Lipinski definition) is 5. The average Bonchev–Trinajstić information content (AvgIpc) is 1.58. The first-order chi connectivity index (χ1) is 71.0. The second-order valence-corrected chi connectivity index (χ2v) is 43.6. The number of carbonyl (C=O) groups excluding carboxylic acids is 10. The zero-order chi connectivity index (χ0) is 104. The number of hydrogen-bond acceptors (Lipinski definition) is 31. The van der Waals surface area contributed by atoms with Crippen molar-refractivity contribution in [1.29, 1.82) is 5.26 Å². The van der Waals surface area contributed by atoms with Crippen LogP contribution < -0.4 is 28.7 Å². The molecule has 10 amide bonds. The molecule has 758 valence electrons. The van der Waals surface area contributed by atoms with Gasteiger partial charge in [-0.15, -0.1) is 73.9 Å². The highest BCUT2D eigenvalue weighted by Crippen LogP contribution is 2.54. The molecule has 0 spiro atoms. The van der Waals surface area contributed by atoms with Crippen molar-refractivity contribution < 1.29 is 66.0 Å². The summed E-state index contributed by atoms with van der Waals surface area (Å²) in [6.45, 7) is 8.98. The topological polar surface area (TPSA) is 467 Å². The normalized spacial score (nSPS) is 24.3. The maximum atomic E-state index is 13.8. The number of aryl methyl sites for hydroxylation is 1. The van der Waals surface area contributed by atoms with Gasteiger partial charge in [-0.25, -0.2) is 33.7 Å². The summed E-state index contributed by atoms with van der Waals surface area (Å²) in [6, 6.07) is 50.5. The van der Waals surface area contributed by atoms with Crippen molar-refractivity contribution in [3.05, 3.63) is 267 Å². The Balaban J connectivity index is 0.000000118. The minimum atomic E-state index is -1.02. The summed E-state index contributed by atoms with van der Waals surface area (Å²) in [7, 11) is 8.04. The van der Waals surface area contributed by atoms with Gasteiger partial charge in [-0.05, 0) is 150 Å². The van der Waals surface area contributed by atoms with Crippen LogP contribution in [-0.2, 0) is 66.0 Å². The predicted molar refractivity (Wildman–Crippen MR) is 560 cm³/mol. The number of ether oxygens (including phenoxy) is 1. The summed E-state index contributed by atoms with van der Waals surface area (Å²) < 4.78 is 39.4. The number of amides is 10. The molecule has 10 N–H and O–H groups in total. The first kappa shape index (κ1) is 101. The van der Waals surface area contributed by atoms with Gasteiger partial charge in [0.15, 0.2) is 29.8 Å². The van der Waals surface area contributed by atoms with Gasteiger partial charge in [0.1, 0.15) is 62.4 Å². The van der Waals surface area contributed by atoms with Gasteiger partial charge in [0.05, 0.1) is 72.8 Å². The molecule has 6 saturated heterocycles. The SMILES string of the molecule is CC#Cc1cncc(-c2ccc([C@]34CN(C(=O)c5cccc(F)c5)C[C@H]3C(=O)N(C)C(N)=N4)s2)c1.CC(=O)N1CC2C(=O)N(C)C(N)=NC2(c2cccs2)C1.CN1C(=O)C2CN(C(=O)C3CCOCC3)C[C@]2(c2cc(-c3ccc(F)c(C#N)c3)cs2)N=C1N.CN1C(=O)C2CN(C(=O)c3cc4ccccc4s3)CC2(c2cccs2)N=C1N.Cc1onc(-c2ccccc2)c1C(=O)N1CC2C(=O)N(C)C(N)=NC2(c2cccs2)C1. The van der Waals surface area contributed by atoms with Crippen LogP contribution in [-0.4, -0.2) is 262 Å². The van der Waals surface area contributed by atoms with Gasteiger partial charge in [-0.2, -0.15) is 5.26 Å². The van der Waals surface area contributed by atoms with Crippen LogP contribution in [0.15, 0.2) is 227 Å². The molecule has 7 unspecified atom stereocenters. The van der Waals surface area contributed by atoms with Crippen LogP contribution in [0.5, 0.6) is 0 Å². The highest BCUT2D eigenvalue weighted by atomic mass is 32.1. The molecule has 0 radical (unpaired) electrons. The molecule has 23 rings (SSSR count). The number of benzene rings is 4. The minimum absolute atomic E-state index is 0.0234. The van der Waals surface area contributed by atoms with Crippen molar-refractivity contribution in [3.63, 3.8) is 0 Å². The summed E-state index contributed by atoms with van der Waals surface area (Å²) >= 11 is 8.99. The van der Waals surface area contributed by atoms with Gasteiger partial charge >= 0.3 is 0 Å². The monoisotopic (exact) mass is 2110 g/mol. The lowest BCUT2D eigenvalue weighted by Gasteiger charge is -2.36. The Morgan fingerprint density at radius 3 is 1.46 bits per heavy atom. The highest BCUT2D eigenvalue weighted by Gasteiger charge is 2.63. The highest BCUT2D eigenvalue weighted by molar-refractivity contribution is 7.20. The lowest BCUT2D eigenvalue weighted by Crippen LogP contribution is -2.54. The van der Waals surface area contributed by atoms with Gasteiger partial charge < -0.3 is 62.4 Å². The fourth-order valence-corrected chi connectivity index (χ4v) is 27.2. The molecule has 35 nitrogen and oxygen atoms in total. The minimum Gasteiger partial charge on any atom is -0.381 e. The van der Waals surface area contributed by atoms with Crippen molar-refractivity contribution in [2.45, 2.75) is 61.3 Å². The summed E-state index contributed by atoms with van der Waals surface area (Å²) in [5.74, 6) is 2.13. The number of halogens is 2. The fourth-order valence-electron chi connectivity index (χ4n) is 21.1. The second-order valence-electron chi connectivity index (χ2n) is 37.7. The van der Waals surface area contributed by atoms with E-state index in [1.54, 1.807) is 121 Å². The Bertz CT molecular complexity index is 7560. The molecule has 19 heterocycles. The molecular formula is C105H101F2N23O12S6. The number of thiophene rings is 6. The van der Waals surface area contributed by atoms with Crippen LogP contribution in [0.3, 0.4) is 0 Å². The van der Waals surface area contributed by atoms with Gasteiger partial charge in [-0.3, -0.25) is 77.4 Å². The fraction of sp³-hybridized carbons (Fsp3) is 0.314. The molecule has 6 fully saturated rings. The van der Waals surface area contributed by atoms with E-state index in [-0.39, 0.29) is 151 Å². The third kappa shape index (κ3) is 18.2.